The number of rotatable bonds is 2. The van der Waals surface area contributed by atoms with Crippen molar-refractivity contribution in [3.63, 3.8) is 0 Å². The van der Waals surface area contributed by atoms with E-state index in [4.69, 9.17) is 44.6 Å². The molecular weight excluding hydrogens is 359 g/mol. The van der Waals surface area contributed by atoms with E-state index < -0.39 is 5.91 Å². The van der Waals surface area contributed by atoms with Gasteiger partial charge in [-0.25, -0.2) is 0 Å². The monoisotopic (exact) mass is 366 g/mol. The number of amides is 1. The van der Waals surface area contributed by atoms with Crippen molar-refractivity contribution in [2.75, 3.05) is 5.32 Å². The predicted molar refractivity (Wildman–Crippen MR) is 91.5 cm³/mol. The van der Waals surface area contributed by atoms with Gasteiger partial charge in [0.1, 0.15) is 11.1 Å². The van der Waals surface area contributed by atoms with Crippen molar-refractivity contribution < 1.29 is 9.21 Å². The predicted octanol–water partition coefficient (Wildman–Crippen LogP) is 5.12. The van der Waals surface area contributed by atoms with Gasteiger partial charge < -0.3 is 9.73 Å². The molecule has 0 aliphatic carbocycles. The first-order valence-corrected chi connectivity index (χ1v) is 7.62. The summed E-state index contributed by atoms with van der Waals surface area (Å²) in [6.45, 7) is 0. The van der Waals surface area contributed by atoms with Gasteiger partial charge in [-0.05, 0) is 42.5 Å². The molecule has 116 valence electrons. The second-order valence-corrected chi connectivity index (χ2v) is 6.03. The van der Waals surface area contributed by atoms with E-state index in [1.807, 2.05) is 0 Å². The lowest BCUT2D eigenvalue weighted by molar-refractivity contribution is 0.102. The molecule has 0 radical (unpaired) electrons. The van der Waals surface area contributed by atoms with Crippen LogP contribution < -0.4 is 10.9 Å². The zero-order chi connectivity index (χ0) is 16.6. The molecule has 0 spiro atoms. The Kier molecular flexibility index (Phi) is 4.31. The highest BCUT2D eigenvalue weighted by Crippen LogP contribution is 2.26. The Labute approximate surface area is 146 Å². The van der Waals surface area contributed by atoms with Gasteiger partial charge in [-0.3, -0.25) is 10.2 Å². The first kappa shape index (κ1) is 15.9. The molecule has 0 saturated heterocycles. The maximum Gasteiger partial charge on any atom is 0.261 e. The minimum absolute atomic E-state index is 0.0748. The van der Waals surface area contributed by atoms with Crippen molar-refractivity contribution in [3.8, 4) is 0 Å². The molecule has 0 aliphatic heterocycles. The fourth-order valence-electron chi connectivity index (χ4n) is 2.06. The second-order valence-electron chi connectivity index (χ2n) is 4.75. The Balaban J connectivity index is 2.00. The first-order chi connectivity index (χ1) is 10.9. The van der Waals surface area contributed by atoms with E-state index in [9.17, 15) is 4.79 Å². The molecule has 0 unspecified atom stereocenters. The molecule has 2 N–H and O–H groups in total. The lowest BCUT2D eigenvalue weighted by atomic mass is 10.1. The number of hydrogen-bond donors (Lipinski definition) is 2. The van der Waals surface area contributed by atoms with Gasteiger partial charge in [0, 0.05) is 15.4 Å². The van der Waals surface area contributed by atoms with Gasteiger partial charge in [0.15, 0.2) is 0 Å². The summed E-state index contributed by atoms with van der Waals surface area (Å²) in [5.41, 5.74) is 0.695. The Hall–Kier alpha value is -2.01. The first-order valence-electron chi connectivity index (χ1n) is 6.48. The number of carbonyl (C=O) groups is 1. The minimum atomic E-state index is -0.509. The molecule has 1 amide bonds. The van der Waals surface area contributed by atoms with Gasteiger partial charge in [-0.2, -0.15) is 0 Å². The fraction of sp³-hybridized carbons (Fsp3) is 0. The summed E-state index contributed by atoms with van der Waals surface area (Å²) < 4.78 is 5.35. The van der Waals surface area contributed by atoms with Crippen molar-refractivity contribution in [2.45, 2.75) is 0 Å². The quantitative estimate of drug-likeness (QED) is 0.660. The average molecular weight is 368 g/mol. The van der Waals surface area contributed by atoms with Gasteiger partial charge in [-0.1, -0.05) is 34.8 Å². The third-order valence-electron chi connectivity index (χ3n) is 3.15. The molecule has 0 saturated carbocycles. The van der Waals surface area contributed by atoms with Crippen LogP contribution >= 0.6 is 34.8 Å². The number of hydrogen-bond acceptors (Lipinski definition) is 3. The van der Waals surface area contributed by atoms with Crippen LogP contribution in [-0.4, -0.2) is 5.91 Å². The lowest BCUT2D eigenvalue weighted by Gasteiger charge is -2.08. The number of benzene rings is 2. The van der Waals surface area contributed by atoms with E-state index in [2.05, 4.69) is 5.32 Å². The lowest BCUT2D eigenvalue weighted by Crippen LogP contribution is -2.21. The van der Waals surface area contributed by atoms with Crippen LogP contribution in [0.15, 0.2) is 46.9 Å². The average Bonchev–Trinajstić information content (AvgIpc) is 2.49. The summed E-state index contributed by atoms with van der Waals surface area (Å²) in [6.07, 6.45) is 0. The molecule has 7 heteroatoms. The molecule has 0 atom stereocenters. The minimum Gasteiger partial charge on any atom is -0.438 e. The van der Waals surface area contributed by atoms with Crippen molar-refractivity contribution in [1.82, 2.24) is 0 Å². The number of nitrogens with one attached hydrogen (secondary N) is 2. The third-order valence-corrected chi connectivity index (χ3v) is 3.94. The zero-order valence-corrected chi connectivity index (χ0v) is 13.8. The molecule has 1 aromatic heterocycles. The summed E-state index contributed by atoms with van der Waals surface area (Å²) in [5, 5.41) is 12.4. The Morgan fingerprint density at radius 1 is 1.00 bits per heavy atom. The topological polar surface area (TPSA) is 66.1 Å². The largest absolute Gasteiger partial charge is 0.438 e. The van der Waals surface area contributed by atoms with Crippen LogP contribution in [-0.2, 0) is 0 Å². The van der Waals surface area contributed by atoms with E-state index in [1.54, 1.807) is 36.4 Å². The molecule has 1 heterocycles. The number of carbonyl (C=O) groups excluding carboxylic acids is 1. The van der Waals surface area contributed by atoms with Gasteiger partial charge in [0.05, 0.1) is 10.7 Å². The molecular formula is C16H9Cl3N2O2. The van der Waals surface area contributed by atoms with Crippen molar-refractivity contribution in [2.24, 2.45) is 0 Å². The smallest absolute Gasteiger partial charge is 0.261 e. The van der Waals surface area contributed by atoms with Gasteiger partial charge >= 0.3 is 0 Å². The number of halogens is 3. The van der Waals surface area contributed by atoms with Crippen LogP contribution in [0.2, 0.25) is 15.1 Å². The van der Waals surface area contributed by atoms with Gasteiger partial charge in [0.25, 0.3) is 5.91 Å². The van der Waals surface area contributed by atoms with Crippen LogP contribution in [0.4, 0.5) is 5.69 Å². The van der Waals surface area contributed by atoms with Gasteiger partial charge in [-0.15, -0.1) is 0 Å². The summed E-state index contributed by atoms with van der Waals surface area (Å²) >= 11 is 17.8. The van der Waals surface area contributed by atoms with Crippen LogP contribution in [0.25, 0.3) is 11.0 Å². The number of fused-ring (bicyclic) bond motifs is 1. The van der Waals surface area contributed by atoms with E-state index >= 15 is 0 Å². The molecule has 0 bridgehead atoms. The Bertz CT molecular complexity index is 983. The molecule has 23 heavy (non-hydrogen) atoms. The standard InChI is InChI=1S/C16H9Cl3N2O2/c17-9-2-4-14-8(5-9)6-11(15(20)23-14)16(22)21-13-3-1-10(18)7-12(13)19/h1-7,20H,(H,21,22). The maximum absolute atomic E-state index is 12.4. The van der Waals surface area contributed by atoms with Crippen molar-refractivity contribution in [3.05, 3.63) is 68.6 Å². The molecule has 3 rings (SSSR count). The molecule has 2 aromatic carbocycles. The Morgan fingerprint density at radius 3 is 2.43 bits per heavy atom. The highest BCUT2D eigenvalue weighted by molar-refractivity contribution is 6.36. The molecule has 4 nitrogen and oxygen atoms in total. The molecule has 3 aromatic rings. The summed E-state index contributed by atoms with van der Waals surface area (Å²) in [4.78, 5) is 12.4. The van der Waals surface area contributed by atoms with E-state index in [0.29, 0.717) is 31.7 Å². The van der Waals surface area contributed by atoms with Crippen molar-refractivity contribution >= 4 is 57.4 Å². The Morgan fingerprint density at radius 2 is 1.70 bits per heavy atom. The van der Waals surface area contributed by atoms with Crippen LogP contribution in [0.3, 0.4) is 0 Å². The highest BCUT2D eigenvalue weighted by atomic mass is 35.5. The summed E-state index contributed by atoms with van der Waals surface area (Å²) in [6, 6.07) is 11.2. The summed E-state index contributed by atoms with van der Waals surface area (Å²) in [7, 11) is 0. The highest BCUT2D eigenvalue weighted by Gasteiger charge is 2.13. The van der Waals surface area contributed by atoms with Gasteiger partial charge in [0.2, 0.25) is 5.55 Å². The van der Waals surface area contributed by atoms with Crippen LogP contribution in [0, 0.1) is 5.41 Å². The second kappa shape index (κ2) is 6.24. The zero-order valence-electron chi connectivity index (χ0n) is 11.5. The summed E-state index contributed by atoms with van der Waals surface area (Å²) in [5.74, 6) is -0.509. The van der Waals surface area contributed by atoms with E-state index in [1.165, 1.54) is 6.07 Å². The van der Waals surface area contributed by atoms with E-state index in [0.717, 1.165) is 0 Å². The van der Waals surface area contributed by atoms with Crippen LogP contribution in [0.5, 0.6) is 0 Å². The maximum atomic E-state index is 12.4. The molecule has 0 aliphatic rings. The fourth-order valence-corrected chi connectivity index (χ4v) is 2.70. The SMILES string of the molecule is N=c1oc2ccc(Cl)cc2cc1C(=O)Nc1ccc(Cl)cc1Cl. The normalized spacial score (nSPS) is 10.7. The van der Waals surface area contributed by atoms with E-state index in [-0.39, 0.29) is 11.1 Å². The van der Waals surface area contributed by atoms with Crippen LogP contribution in [0.1, 0.15) is 10.4 Å². The number of anilines is 1. The van der Waals surface area contributed by atoms with Crippen molar-refractivity contribution in [1.29, 1.82) is 5.41 Å². The third kappa shape index (κ3) is 3.34. The molecule has 0 fully saturated rings.